The van der Waals surface area contributed by atoms with Crippen molar-refractivity contribution in [3.8, 4) is 0 Å². The van der Waals surface area contributed by atoms with Gasteiger partial charge in [-0.1, -0.05) is 0 Å². The van der Waals surface area contributed by atoms with E-state index in [-0.39, 0.29) is 5.96 Å². The molecule has 9 heavy (non-hydrogen) atoms. The van der Waals surface area contributed by atoms with Gasteiger partial charge in [-0.25, -0.2) is 0 Å². The van der Waals surface area contributed by atoms with Crippen LogP contribution < -0.4 is 11.1 Å². The van der Waals surface area contributed by atoms with Gasteiger partial charge in [0.2, 0.25) is 5.24 Å². The Hall–Kier alpha value is -0.770. The van der Waals surface area contributed by atoms with Crippen LogP contribution in [-0.2, 0) is 4.79 Å². The number of carbonyl (C=O) groups excluding carboxylic acids is 1. The predicted octanol–water partition coefficient (Wildman–Crippen LogP) is -0.962. The molecule has 1 rings (SSSR count). The van der Waals surface area contributed by atoms with Crippen molar-refractivity contribution in [2.75, 3.05) is 6.54 Å². The minimum absolute atomic E-state index is 0.286. The SMILES string of the molecule is NC1=NCC(C(=O)Cl)N1. The fourth-order valence-electron chi connectivity index (χ4n) is 0.588. The summed E-state index contributed by atoms with van der Waals surface area (Å²) in [6.07, 6.45) is 0. The molecular weight excluding hydrogens is 142 g/mol. The third-order valence-electron chi connectivity index (χ3n) is 1.04. The maximum absolute atomic E-state index is 10.4. The molecule has 0 amide bonds. The lowest BCUT2D eigenvalue weighted by molar-refractivity contribution is -0.112. The van der Waals surface area contributed by atoms with Gasteiger partial charge in [-0.3, -0.25) is 9.79 Å². The molecule has 1 unspecified atom stereocenters. The van der Waals surface area contributed by atoms with Gasteiger partial charge in [0.1, 0.15) is 6.04 Å². The van der Waals surface area contributed by atoms with E-state index in [0.717, 1.165) is 0 Å². The lowest BCUT2D eigenvalue weighted by atomic mass is 10.3. The molecule has 0 aliphatic carbocycles. The molecule has 0 aromatic carbocycles. The van der Waals surface area contributed by atoms with Crippen LogP contribution in [0, 0.1) is 0 Å². The van der Waals surface area contributed by atoms with Gasteiger partial charge in [0.05, 0.1) is 6.54 Å². The quantitative estimate of drug-likeness (QED) is 0.470. The summed E-state index contributed by atoms with van der Waals surface area (Å²) in [6.45, 7) is 0.355. The first-order valence-electron chi connectivity index (χ1n) is 2.46. The highest BCUT2D eigenvalue weighted by Crippen LogP contribution is 1.96. The maximum atomic E-state index is 10.4. The summed E-state index contributed by atoms with van der Waals surface area (Å²) in [7, 11) is 0. The van der Waals surface area contributed by atoms with Gasteiger partial charge in [0, 0.05) is 0 Å². The van der Waals surface area contributed by atoms with Gasteiger partial charge < -0.3 is 11.1 Å². The summed E-state index contributed by atoms with van der Waals surface area (Å²) in [5.41, 5.74) is 5.19. The van der Waals surface area contributed by atoms with E-state index in [1.165, 1.54) is 0 Å². The van der Waals surface area contributed by atoms with E-state index in [1.807, 2.05) is 0 Å². The number of hydrogen-bond donors (Lipinski definition) is 2. The number of nitrogens with two attached hydrogens (primary N) is 1. The monoisotopic (exact) mass is 147 g/mol. The molecule has 0 fully saturated rings. The molecule has 50 valence electrons. The topological polar surface area (TPSA) is 67.5 Å². The molecule has 1 aliphatic heterocycles. The molecular formula is C4H6ClN3O. The van der Waals surface area contributed by atoms with Gasteiger partial charge in [-0.05, 0) is 11.6 Å². The average Bonchev–Trinajstić information content (AvgIpc) is 2.14. The van der Waals surface area contributed by atoms with Crippen molar-refractivity contribution in [3.63, 3.8) is 0 Å². The van der Waals surface area contributed by atoms with Crippen LogP contribution in [0.4, 0.5) is 0 Å². The lowest BCUT2D eigenvalue weighted by Gasteiger charge is -2.01. The van der Waals surface area contributed by atoms with Crippen LogP contribution >= 0.6 is 11.6 Å². The third kappa shape index (κ3) is 1.32. The highest BCUT2D eigenvalue weighted by Gasteiger charge is 2.20. The van der Waals surface area contributed by atoms with Crippen molar-refractivity contribution in [1.82, 2.24) is 5.32 Å². The van der Waals surface area contributed by atoms with Gasteiger partial charge in [0.15, 0.2) is 5.96 Å². The standard InChI is InChI=1S/C4H6ClN3O/c5-3(9)2-1-7-4(6)8-2/h2H,1H2,(H3,6,7,8). The Morgan fingerprint density at radius 1 is 2.00 bits per heavy atom. The summed E-state index contributed by atoms with van der Waals surface area (Å²) >= 11 is 5.12. The minimum atomic E-state index is -0.445. The first kappa shape index (κ1) is 6.35. The highest BCUT2D eigenvalue weighted by atomic mass is 35.5. The molecule has 1 heterocycles. The van der Waals surface area contributed by atoms with Crippen LogP contribution in [0.15, 0.2) is 4.99 Å². The third-order valence-corrected chi connectivity index (χ3v) is 1.30. The average molecular weight is 148 g/mol. The van der Waals surface area contributed by atoms with E-state index in [0.29, 0.717) is 6.54 Å². The fourth-order valence-corrected chi connectivity index (χ4v) is 0.712. The molecule has 4 nitrogen and oxygen atoms in total. The van der Waals surface area contributed by atoms with E-state index < -0.39 is 11.3 Å². The molecule has 3 N–H and O–H groups in total. The first-order chi connectivity index (χ1) is 4.20. The molecule has 0 spiro atoms. The van der Waals surface area contributed by atoms with E-state index in [1.54, 1.807) is 0 Å². The van der Waals surface area contributed by atoms with E-state index in [9.17, 15) is 4.79 Å². The van der Waals surface area contributed by atoms with Crippen molar-refractivity contribution in [1.29, 1.82) is 0 Å². The molecule has 0 radical (unpaired) electrons. The van der Waals surface area contributed by atoms with Crippen molar-refractivity contribution in [2.45, 2.75) is 6.04 Å². The number of halogens is 1. The zero-order valence-electron chi connectivity index (χ0n) is 4.60. The molecule has 0 aromatic rings. The first-order valence-corrected chi connectivity index (χ1v) is 2.84. The molecule has 0 saturated carbocycles. The Morgan fingerprint density at radius 3 is 2.89 bits per heavy atom. The second kappa shape index (κ2) is 2.23. The van der Waals surface area contributed by atoms with Crippen LogP contribution in [0.3, 0.4) is 0 Å². The van der Waals surface area contributed by atoms with Gasteiger partial charge in [-0.15, -0.1) is 0 Å². The molecule has 1 aliphatic rings. The van der Waals surface area contributed by atoms with Crippen molar-refractivity contribution < 1.29 is 4.79 Å². The normalized spacial score (nSPS) is 25.0. The summed E-state index contributed by atoms with van der Waals surface area (Å²) in [6, 6.07) is -0.410. The number of aliphatic imine (C=N–C) groups is 1. The van der Waals surface area contributed by atoms with Crippen molar-refractivity contribution in [2.24, 2.45) is 10.7 Å². The lowest BCUT2D eigenvalue weighted by Crippen LogP contribution is -2.38. The number of nitrogens with zero attached hydrogens (tertiary/aromatic N) is 1. The summed E-state index contributed by atoms with van der Waals surface area (Å²) in [5, 5.41) is 2.15. The second-order valence-corrected chi connectivity index (χ2v) is 2.10. The minimum Gasteiger partial charge on any atom is -0.370 e. The van der Waals surface area contributed by atoms with Crippen LogP contribution in [0.1, 0.15) is 0 Å². The smallest absolute Gasteiger partial charge is 0.245 e. The van der Waals surface area contributed by atoms with E-state index in [2.05, 4.69) is 10.3 Å². The summed E-state index contributed by atoms with van der Waals surface area (Å²) in [4.78, 5) is 14.1. The molecule has 0 aromatic heterocycles. The Labute approximate surface area is 57.1 Å². The Balaban J connectivity index is 2.47. The highest BCUT2D eigenvalue weighted by molar-refractivity contribution is 6.65. The van der Waals surface area contributed by atoms with Gasteiger partial charge in [0.25, 0.3) is 0 Å². The maximum Gasteiger partial charge on any atom is 0.245 e. The molecule has 0 saturated heterocycles. The van der Waals surface area contributed by atoms with E-state index in [4.69, 9.17) is 17.3 Å². The summed E-state index contributed by atoms with van der Waals surface area (Å²) < 4.78 is 0. The van der Waals surface area contributed by atoms with Crippen LogP contribution in [0.2, 0.25) is 0 Å². The number of rotatable bonds is 1. The number of hydrogen-bond acceptors (Lipinski definition) is 4. The summed E-state index contributed by atoms with van der Waals surface area (Å²) in [5.74, 6) is 0.286. The number of guanidine groups is 1. The van der Waals surface area contributed by atoms with Crippen LogP contribution in [-0.4, -0.2) is 23.8 Å². The Kier molecular flexibility index (Phi) is 1.57. The number of carbonyl (C=O) groups is 1. The van der Waals surface area contributed by atoms with Crippen molar-refractivity contribution in [3.05, 3.63) is 0 Å². The molecule has 5 heteroatoms. The van der Waals surface area contributed by atoms with E-state index >= 15 is 0 Å². The molecule has 1 atom stereocenters. The van der Waals surface area contributed by atoms with Crippen LogP contribution in [0.5, 0.6) is 0 Å². The zero-order chi connectivity index (χ0) is 6.85. The fraction of sp³-hybridized carbons (Fsp3) is 0.500. The second-order valence-electron chi connectivity index (χ2n) is 1.73. The predicted molar refractivity (Wildman–Crippen MR) is 34.3 cm³/mol. The van der Waals surface area contributed by atoms with Gasteiger partial charge in [-0.2, -0.15) is 0 Å². The largest absolute Gasteiger partial charge is 0.370 e. The zero-order valence-corrected chi connectivity index (χ0v) is 5.35. The van der Waals surface area contributed by atoms with Gasteiger partial charge >= 0.3 is 0 Å². The number of nitrogens with one attached hydrogen (secondary N) is 1. The Morgan fingerprint density at radius 2 is 2.67 bits per heavy atom. The van der Waals surface area contributed by atoms with Crippen molar-refractivity contribution >= 4 is 22.8 Å². The van der Waals surface area contributed by atoms with Crippen LogP contribution in [0.25, 0.3) is 0 Å². The molecule has 0 bridgehead atoms. The Bertz CT molecular complexity index is 167.